The number of fused-ring (bicyclic) bond motifs is 1. The lowest BCUT2D eigenvalue weighted by atomic mass is 9.90. The minimum Gasteiger partial charge on any atom is -0.382 e. The first kappa shape index (κ1) is 18.8. The Labute approximate surface area is 154 Å². The second-order valence-electron chi connectivity index (χ2n) is 6.57. The number of alkyl halides is 2. The van der Waals surface area contributed by atoms with Crippen LogP contribution in [0.15, 0.2) is 24.3 Å². The van der Waals surface area contributed by atoms with Crippen molar-refractivity contribution in [3.8, 4) is 6.07 Å². The number of hydrogen-bond acceptors (Lipinski definition) is 2. The smallest absolute Gasteiger partial charge is 0.281 e. The van der Waals surface area contributed by atoms with E-state index in [1.54, 1.807) is 6.07 Å². The van der Waals surface area contributed by atoms with E-state index in [0.717, 1.165) is 12.5 Å². The maximum Gasteiger partial charge on any atom is 0.281 e. The maximum atomic E-state index is 14.0. The summed E-state index contributed by atoms with van der Waals surface area (Å²) in [5.74, 6) is -3.77. The van der Waals surface area contributed by atoms with Crippen molar-refractivity contribution in [2.24, 2.45) is 0 Å². The summed E-state index contributed by atoms with van der Waals surface area (Å²) in [4.78, 5) is 0. The van der Waals surface area contributed by atoms with Crippen molar-refractivity contribution in [2.75, 3.05) is 0 Å². The van der Waals surface area contributed by atoms with Gasteiger partial charge in [0.2, 0.25) is 0 Å². The first-order chi connectivity index (χ1) is 12.3. The standard InChI is InChI=1S/C20H17ClF3NO/c1-2-3-11-6-14(22)7-13(10-25)15(11)8-12-4-5-17(21)18-16(12)9-20(23,24)19(18)26/h4-7,19,26H,2-3,8-9H2,1H3. The first-order valence-electron chi connectivity index (χ1n) is 8.36. The minimum atomic E-state index is -3.28. The Balaban J connectivity index is 2.12. The molecule has 0 bridgehead atoms. The molecule has 1 aliphatic carbocycles. The largest absolute Gasteiger partial charge is 0.382 e. The van der Waals surface area contributed by atoms with Gasteiger partial charge < -0.3 is 5.11 Å². The van der Waals surface area contributed by atoms with Gasteiger partial charge in [0.05, 0.1) is 11.6 Å². The van der Waals surface area contributed by atoms with E-state index < -0.39 is 24.3 Å². The Morgan fingerprint density at radius 3 is 2.69 bits per heavy atom. The summed E-state index contributed by atoms with van der Waals surface area (Å²) in [7, 11) is 0. The number of rotatable bonds is 4. The molecule has 3 rings (SSSR count). The van der Waals surface area contributed by atoms with Gasteiger partial charge in [-0.3, -0.25) is 0 Å². The molecule has 1 atom stereocenters. The number of hydrogen-bond donors (Lipinski definition) is 1. The van der Waals surface area contributed by atoms with Crippen molar-refractivity contribution in [3.63, 3.8) is 0 Å². The lowest BCUT2D eigenvalue weighted by Crippen LogP contribution is -2.21. The molecule has 0 saturated heterocycles. The van der Waals surface area contributed by atoms with E-state index in [1.165, 1.54) is 12.1 Å². The van der Waals surface area contributed by atoms with Gasteiger partial charge >= 0.3 is 0 Å². The molecule has 6 heteroatoms. The Morgan fingerprint density at radius 1 is 1.31 bits per heavy atom. The number of aliphatic hydroxyl groups excluding tert-OH is 1. The van der Waals surface area contributed by atoms with Crippen molar-refractivity contribution >= 4 is 11.6 Å². The van der Waals surface area contributed by atoms with Crippen LogP contribution >= 0.6 is 11.6 Å². The van der Waals surface area contributed by atoms with Gasteiger partial charge in [-0.2, -0.15) is 5.26 Å². The molecule has 1 unspecified atom stereocenters. The van der Waals surface area contributed by atoms with Crippen molar-refractivity contribution in [2.45, 2.75) is 44.6 Å². The average Bonchev–Trinajstić information content (AvgIpc) is 2.83. The summed E-state index contributed by atoms with van der Waals surface area (Å²) in [6, 6.07) is 7.66. The fourth-order valence-corrected chi connectivity index (χ4v) is 3.86. The molecule has 0 amide bonds. The van der Waals surface area contributed by atoms with Crippen LogP contribution in [-0.2, 0) is 19.3 Å². The molecule has 2 aromatic rings. The third-order valence-electron chi connectivity index (χ3n) is 4.80. The fourth-order valence-electron chi connectivity index (χ4n) is 3.58. The third-order valence-corrected chi connectivity index (χ3v) is 5.13. The monoisotopic (exact) mass is 379 g/mol. The van der Waals surface area contributed by atoms with Gasteiger partial charge in [0, 0.05) is 17.0 Å². The molecule has 0 fully saturated rings. The van der Waals surface area contributed by atoms with Crippen LogP contribution in [0.1, 0.15) is 52.8 Å². The minimum absolute atomic E-state index is 0.0480. The molecule has 1 N–H and O–H groups in total. The third kappa shape index (κ3) is 3.20. The molecule has 136 valence electrons. The second kappa shape index (κ2) is 6.94. The topological polar surface area (TPSA) is 44.0 Å². The zero-order chi connectivity index (χ0) is 19.1. The molecule has 0 radical (unpaired) electrons. The summed E-state index contributed by atoms with van der Waals surface area (Å²) >= 11 is 6.03. The lowest BCUT2D eigenvalue weighted by molar-refractivity contribution is -0.0968. The Kier molecular flexibility index (Phi) is 5.01. The summed E-state index contributed by atoms with van der Waals surface area (Å²) in [6.07, 6.45) is -0.997. The van der Waals surface area contributed by atoms with Gasteiger partial charge in [-0.15, -0.1) is 0 Å². The summed E-state index contributed by atoms with van der Waals surface area (Å²) in [5, 5.41) is 19.4. The van der Waals surface area contributed by atoms with Crippen LogP contribution in [0.25, 0.3) is 0 Å². The van der Waals surface area contributed by atoms with Crippen LogP contribution in [0.4, 0.5) is 13.2 Å². The van der Waals surface area contributed by atoms with E-state index in [1.807, 2.05) is 13.0 Å². The van der Waals surface area contributed by atoms with E-state index >= 15 is 0 Å². The van der Waals surface area contributed by atoms with Crippen LogP contribution in [0.5, 0.6) is 0 Å². The van der Waals surface area contributed by atoms with Crippen LogP contribution in [0.2, 0.25) is 5.02 Å². The molecule has 0 saturated carbocycles. The Hall–Kier alpha value is -2.03. The van der Waals surface area contributed by atoms with E-state index in [2.05, 4.69) is 0 Å². The molecule has 26 heavy (non-hydrogen) atoms. The number of benzene rings is 2. The predicted octanol–water partition coefficient (Wildman–Crippen LogP) is 5.12. The molecule has 1 aliphatic rings. The number of nitrogens with zero attached hydrogens (tertiary/aromatic N) is 1. The molecule has 0 heterocycles. The van der Waals surface area contributed by atoms with Crippen molar-refractivity contribution < 1.29 is 18.3 Å². The normalized spacial score (nSPS) is 17.8. The van der Waals surface area contributed by atoms with Gasteiger partial charge in [-0.05, 0) is 53.3 Å². The SMILES string of the molecule is CCCc1cc(F)cc(C#N)c1Cc1ccc(Cl)c2c1CC(F)(F)C2O. The number of aryl methyl sites for hydroxylation is 1. The lowest BCUT2D eigenvalue weighted by Gasteiger charge is -2.15. The number of aliphatic hydroxyl groups is 1. The highest BCUT2D eigenvalue weighted by Gasteiger charge is 2.48. The molecule has 2 nitrogen and oxygen atoms in total. The quantitative estimate of drug-likeness (QED) is 0.801. The summed E-state index contributed by atoms with van der Waals surface area (Å²) in [6.45, 7) is 1.94. The fraction of sp³-hybridized carbons (Fsp3) is 0.350. The zero-order valence-electron chi connectivity index (χ0n) is 14.1. The predicted molar refractivity (Wildman–Crippen MR) is 93.0 cm³/mol. The number of halogens is 4. The molecule has 0 aromatic heterocycles. The molecular formula is C20H17ClF3NO. The molecular weight excluding hydrogens is 363 g/mol. The van der Waals surface area contributed by atoms with Crippen molar-refractivity contribution in [3.05, 3.63) is 68.5 Å². The molecule has 2 aromatic carbocycles. The van der Waals surface area contributed by atoms with Crippen LogP contribution in [0.3, 0.4) is 0 Å². The second-order valence-corrected chi connectivity index (χ2v) is 6.98. The zero-order valence-corrected chi connectivity index (χ0v) is 14.9. The summed E-state index contributed by atoms with van der Waals surface area (Å²) < 4.78 is 41.8. The highest BCUT2D eigenvalue weighted by atomic mass is 35.5. The van der Waals surface area contributed by atoms with Crippen LogP contribution in [0, 0.1) is 17.1 Å². The Morgan fingerprint density at radius 2 is 2.04 bits per heavy atom. The highest BCUT2D eigenvalue weighted by molar-refractivity contribution is 6.31. The van der Waals surface area contributed by atoms with Gasteiger partial charge in [-0.1, -0.05) is 31.0 Å². The summed E-state index contributed by atoms with van der Waals surface area (Å²) in [5.41, 5.74) is 2.45. The van der Waals surface area contributed by atoms with Crippen molar-refractivity contribution in [1.82, 2.24) is 0 Å². The average molecular weight is 380 g/mol. The highest BCUT2D eigenvalue weighted by Crippen LogP contribution is 2.47. The van der Waals surface area contributed by atoms with Crippen LogP contribution < -0.4 is 0 Å². The molecule has 0 spiro atoms. The van der Waals surface area contributed by atoms with E-state index in [4.69, 9.17) is 11.6 Å². The van der Waals surface area contributed by atoms with E-state index in [0.29, 0.717) is 28.7 Å². The van der Waals surface area contributed by atoms with E-state index in [9.17, 15) is 23.5 Å². The first-order valence-corrected chi connectivity index (χ1v) is 8.73. The van der Waals surface area contributed by atoms with Gasteiger partial charge in [0.1, 0.15) is 11.9 Å². The van der Waals surface area contributed by atoms with E-state index in [-0.39, 0.29) is 22.6 Å². The van der Waals surface area contributed by atoms with Gasteiger partial charge in [0.25, 0.3) is 5.92 Å². The van der Waals surface area contributed by atoms with Crippen LogP contribution in [-0.4, -0.2) is 11.0 Å². The molecule has 0 aliphatic heterocycles. The number of nitriles is 1. The maximum absolute atomic E-state index is 14.0. The van der Waals surface area contributed by atoms with Crippen molar-refractivity contribution in [1.29, 1.82) is 5.26 Å². The van der Waals surface area contributed by atoms with Gasteiger partial charge in [-0.25, -0.2) is 13.2 Å². The Bertz CT molecular complexity index is 905. The van der Waals surface area contributed by atoms with Gasteiger partial charge in [0.15, 0.2) is 0 Å².